The molecule has 0 aliphatic carbocycles. The third-order valence-corrected chi connectivity index (χ3v) is 4.87. The first-order valence-corrected chi connectivity index (χ1v) is 10.5. The maximum atomic E-state index is 13.1. The summed E-state index contributed by atoms with van der Waals surface area (Å²) >= 11 is 5.80. The number of nitrogens with zero attached hydrogens (tertiary/aromatic N) is 2. The molecule has 13 heteroatoms. The number of alkyl halides is 6. The molecule has 3 rings (SSSR count). The van der Waals surface area contributed by atoms with Gasteiger partial charge in [-0.3, -0.25) is 4.79 Å². The first-order chi connectivity index (χ1) is 16.5. The van der Waals surface area contributed by atoms with E-state index in [1.54, 1.807) is 0 Å². The van der Waals surface area contributed by atoms with Gasteiger partial charge in [-0.1, -0.05) is 17.7 Å². The van der Waals surface area contributed by atoms with Crippen LogP contribution in [0.3, 0.4) is 0 Å². The predicted molar refractivity (Wildman–Crippen MR) is 118 cm³/mol. The minimum absolute atomic E-state index is 0.0587. The number of nitrogens with one attached hydrogen (secondary N) is 1. The molecule has 0 unspecified atom stereocenters. The maximum absolute atomic E-state index is 13.1. The Balaban J connectivity index is 2.06. The summed E-state index contributed by atoms with van der Waals surface area (Å²) in [5.74, 6) is -1.37. The molecule has 0 spiro atoms. The molecule has 1 aromatic heterocycles. The van der Waals surface area contributed by atoms with Crippen LogP contribution < -0.4 is 10.1 Å². The van der Waals surface area contributed by atoms with Gasteiger partial charge in [0.05, 0.1) is 21.9 Å². The summed E-state index contributed by atoms with van der Waals surface area (Å²) < 4.78 is 80.4. The van der Waals surface area contributed by atoms with Crippen LogP contribution in [-0.2, 0) is 6.18 Å². The molecule has 0 saturated carbocycles. The smallest absolute Gasteiger partial charge is 0.406 e. The van der Waals surface area contributed by atoms with Crippen molar-refractivity contribution in [1.82, 2.24) is 15.3 Å². The molecule has 6 nitrogen and oxygen atoms in total. The van der Waals surface area contributed by atoms with Gasteiger partial charge >= 0.3 is 12.5 Å². The average Bonchev–Trinajstić information content (AvgIpc) is 2.75. The summed E-state index contributed by atoms with van der Waals surface area (Å²) in [5, 5.41) is 11.7. The molecule has 0 atom stereocenters. The lowest BCUT2D eigenvalue weighted by atomic mass is 10.1. The summed E-state index contributed by atoms with van der Waals surface area (Å²) in [5.41, 5.74) is -2.11. The monoisotopic (exact) mass is 533 g/mol. The van der Waals surface area contributed by atoms with Crippen molar-refractivity contribution in [2.24, 2.45) is 0 Å². The van der Waals surface area contributed by atoms with Crippen molar-refractivity contribution < 1.29 is 41.0 Å². The van der Waals surface area contributed by atoms with Crippen LogP contribution in [0.25, 0.3) is 22.6 Å². The third-order valence-electron chi connectivity index (χ3n) is 4.56. The molecule has 1 amide bonds. The number of hydrogen-bond acceptors (Lipinski definition) is 5. The van der Waals surface area contributed by atoms with E-state index in [9.17, 15) is 36.2 Å². The van der Waals surface area contributed by atoms with Crippen LogP contribution in [0.2, 0.25) is 5.02 Å². The fraction of sp³-hybridized carbons (Fsp3) is 0.261. The Kier molecular flexibility index (Phi) is 7.51. The van der Waals surface area contributed by atoms with Crippen molar-refractivity contribution in [3.63, 3.8) is 0 Å². The van der Waals surface area contributed by atoms with Crippen molar-refractivity contribution in [3.8, 4) is 28.4 Å². The van der Waals surface area contributed by atoms with Crippen LogP contribution >= 0.6 is 11.6 Å². The number of rotatable bonds is 6. The Morgan fingerprint density at radius 1 is 0.972 bits per heavy atom. The van der Waals surface area contributed by atoms with E-state index in [2.05, 4.69) is 20.0 Å². The molecular formula is C23H18ClF6N3O3. The highest BCUT2D eigenvalue weighted by molar-refractivity contribution is 6.31. The van der Waals surface area contributed by atoms with E-state index in [4.69, 9.17) is 11.6 Å². The molecule has 2 aromatic carbocycles. The molecular weight excluding hydrogens is 516 g/mol. The quantitative estimate of drug-likeness (QED) is 0.387. The number of benzene rings is 2. The second kappa shape index (κ2) is 9.94. The first kappa shape index (κ1) is 27.2. The van der Waals surface area contributed by atoms with Gasteiger partial charge in [-0.2, -0.15) is 13.2 Å². The van der Waals surface area contributed by atoms with E-state index >= 15 is 0 Å². The number of halogens is 7. The fourth-order valence-electron chi connectivity index (χ4n) is 2.94. The Morgan fingerprint density at radius 3 is 2.11 bits per heavy atom. The van der Waals surface area contributed by atoms with Crippen molar-refractivity contribution in [1.29, 1.82) is 0 Å². The lowest BCUT2D eigenvalue weighted by molar-refractivity contribution is -0.274. The summed E-state index contributed by atoms with van der Waals surface area (Å²) in [7, 11) is 0. The number of carbonyl (C=O) groups excluding carboxylic acids is 1. The van der Waals surface area contributed by atoms with E-state index in [0.29, 0.717) is 0 Å². The van der Waals surface area contributed by atoms with Gasteiger partial charge in [0.25, 0.3) is 5.91 Å². The second-order valence-electron chi connectivity index (χ2n) is 8.22. The van der Waals surface area contributed by atoms with Crippen molar-refractivity contribution in [2.75, 3.05) is 6.54 Å². The Hall–Kier alpha value is -3.38. The maximum Gasteiger partial charge on any atom is 0.573 e. The number of hydrogen-bond donors (Lipinski definition) is 2. The van der Waals surface area contributed by atoms with Gasteiger partial charge in [0.2, 0.25) is 0 Å². The molecule has 0 bridgehead atoms. The SMILES string of the molecule is CC(C)(O)CNC(=O)c1cc(-c2ccc(OC(F)(F)F)cc2)nc(-c2ccc(C(F)(F)F)c(Cl)c2)n1. The van der Waals surface area contributed by atoms with Crippen molar-refractivity contribution in [3.05, 3.63) is 64.8 Å². The number of aliphatic hydroxyl groups is 1. The van der Waals surface area contributed by atoms with Crippen LogP contribution in [0, 0.1) is 0 Å². The molecule has 0 saturated heterocycles. The zero-order valence-corrected chi connectivity index (χ0v) is 19.4. The molecule has 3 aromatic rings. The number of carbonyl (C=O) groups is 1. The van der Waals surface area contributed by atoms with Gasteiger partial charge in [0.1, 0.15) is 11.4 Å². The molecule has 2 N–H and O–H groups in total. The fourth-order valence-corrected chi connectivity index (χ4v) is 3.23. The minimum atomic E-state index is -4.89. The molecule has 0 aliphatic rings. The Morgan fingerprint density at radius 2 is 1.58 bits per heavy atom. The summed E-state index contributed by atoms with van der Waals surface area (Å²) in [6, 6.07) is 8.63. The van der Waals surface area contributed by atoms with Gasteiger partial charge in [-0.15, -0.1) is 13.2 Å². The summed E-state index contributed by atoms with van der Waals surface area (Å²) in [4.78, 5) is 21.1. The van der Waals surface area contributed by atoms with E-state index in [0.717, 1.165) is 30.3 Å². The standard InChI is InChI=1S/C23H18ClF6N3O3/c1-21(2,35)11-31-20(34)18-10-17(12-3-6-14(7-4-12)36-23(28,29)30)32-19(33-18)13-5-8-15(16(24)9-13)22(25,26)27/h3-10,35H,11H2,1-2H3,(H,31,34). The van der Waals surface area contributed by atoms with Gasteiger partial charge in [-0.25, -0.2) is 9.97 Å². The molecule has 0 aliphatic heterocycles. The predicted octanol–water partition coefficient (Wildman–Crippen LogP) is 5.88. The minimum Gasteiger partial charge on any atom is -0.406 e. The highest BCUT2D eigenvalue weighted by Crippen LogP contribution is 2.36. The average molecular weight is 534 g/mol. The van der Waals surface area contributed by atoms with Gasteiger partial charge in [0, 0.05) is 17.7 Å². The molecule has 36 heavy (non-hydrogen) atoms. The highest BCUT2D eigenvalue weighted by Gasteiger charge is 2.33. The van der Waals surface area contributed by atoms with E-state index < -0.39 is 40.4 Å². The molecule has 1 heterocycles. The summed E-state index contributed by atoms with van der Waals surface area (Å²) in [6.45, 7) is 2.77. The van der Waals surface area contributed by atoms with Gasteiger partial charge < -0.3 is 15.2 Å². The van der Waals surface area contributed by atoms with Crippen LogP contribution in [-0.4, -0.2) is 39.5 Å². The van der Waals surface area contributed by atoms with Crippen molar-refractivity contribution in [2.45, 2.75) is 32.0 Å². The topological polar surface area (TPSA) is 84.3 Å². The summed E-state index contributed by atoms with van der Waals surface area (Å²) in [6.07, 6.45) is -9.59. The lowest BCUT2D eigenvalue weighted by Gasteiger charge is -2.17. The third kappa shape index (κ3) is 7.31. The lowest BCUT2D eigenvalue weighted by Crippen LogP contribution is -2.38. The molecule has 0 radical (unpaired) electrons. The van der Waals surface area contributed by atoms with Crippen molar-refractivity contribution >= 4 is 17.5 Å². The van der Waals surface area contributed by atoms with Crippen LogP contribution in [0.15, 0.2) is 48.5 Å². The van der Waals surface area contributed by atoms with Gasteiger partial charge in [0.15, 0.2) is 5.82 Å². The van der Waals surface area contributed by atoms with Crippen LogP contribution in [0.4, 0.5) is 26.3 Å². The van der Waals surface area contributed by atoms with E-state index in [-0.39, 0.29) is 34.9 Å². The Bertz CT molecular complexity index is 1260. The van der Waals surface area contributed by atoms with Crippen LogP contribution in [0.5, 0.6) is 5.75 Å². The highest BCUT2D eigenvalue weighted by atomic mass is 35.5. The van der Waals surface area contributed by atoms with E-state index in [1.165, 1.54) is 32.0 Å². The zero-order chi connectivity index (χ0) is 26.9. The molecule has 0 fully saturated rings. The number of amides is 1. The normalized spacial score (nSPS) is 12.4. The second-order valence-corrected chi connectivity index (χ2v) is 8.63. The number of aromatic nitrogens is 2. The van der Waals surface area contributed by atoms with E-state index in [1.807, 2.05) is 0 Å². The largest absolute Gasteiger partial charge is 0.573 e. The van der Waals surface area contributed by atoms with Gasteiger partial charge in [-0.05, 0) is 56.3 Å². The van der Waals surface area contributed by atoms with Crippen LogP contribution in [0.1, 0.15) is 29.9 Å². The number of ether oxygens (including phenoxy) is 1. The zero-order valence-electron chi connectivity index (χ0n) is 18.6. The molecule has 192 valence electrons. The Labute approximate surface area is 205 Å². The first-order valence-electron chi connectivity index (χ1n) is 10.1.